The number of nitrogens with zero attached hydrogens (tertiary/aromatic N) is 1. The zero-order valence-corrected chi connectivity index (χ0v) is 15.4. The summed E-state index contributed by atoms with van der Waals surface area (Å²) in [4.78, 5) is 30.8. The summed E-state index contributed by atoms with van der Waals surface area (Å²) in [5, 5.41) is 6.72. The molecule has 2 amide bonds. The summed E-state index contributed by atoms with van der Waals surface area (Å²) in [5.41, 5.74) is 2.66. The van der Waals surface area contributed by atoms with Gasteiger partial charge in [0.1, 0.15) is 10.8 Å². The average molecular weight is 371 g/mol. The van der Waals surface area contributed by atoms with Crippen LogP contribution in [0, 0.1) is 0 Å². The third-order valence-corrected chi connectivity index (χ3v) is 6.08. The van der Waals surface area contributed by atoms with Crippen LogP contribution in [0.5, 0.6) is 5.75 Å². The number of anilines is 1. The third-order valence-electron chi connectivity index (χ3n) is 4.92. The lowest BCUT2D eigenvalue weighted by Crippen LogP contribution is -2.34. The lowest BCUT2D eigenvalue weighted by atomic mass is 9.89. The number of ether oxygens (including phenoxy) is 1. The molecule has 136 valence electrons. The van der Waals surface area contributed by atoms with E-state index < -0.39 is 5.92 Å². The van der Waals surface area contributed by atoms with Gasteiger partial charge in [-0.3, -0.25) is 9.59 Å². The first-order valence-electron chi connectivity index (χ1n) is 8.87. The Bertz CT molecular complexity index is 838. The second-order valence-electron chi connectivity index (χ2n) is 6.66. The number of aromatic nitrogens is 1. The first-order valence-corrected chi connectivity index (χ1v) is 9.68. The maximum atomic E-state index is 12.8. The topological polar surface area (TPSA) is 80.3 Å². The van der Waals surface area contributed by atoms with Crippen LogP contribution in [-0.2, 0) is 29.0 Å². The Labute approximate surface area is 156 Å². The van der Waals surface area contributed by atoms with Gasteiger partial charge in [-0.25, -0.2) is 4.98 Å². The van der Waals surface area contributed by atoms with Gasteiger partial charge in [0.05, 0.1) is 25.3 Å². The zero-order chi connectivity index (χ0) is 18.1. The van der Waals surface area contributed by atoms with Gasteiger partial charge in [0.2, 0.25) is 11.8 Å². The molecule has 0 bridgehead atoms. The average Bonchev–Trinajstić information content (AvgIpc) is 3.08. The molecule has 4 rings (SSSR count). The first kappa shape index (κ1) is 17.0. The van der Waals surface area contributed by atoms with Gasteiger partial charge in [0.25, 0.3) is 0 Å². The Kier molecular flexibility index (Phi) is 4.63. The third kappa shape index (κ3) is 3.31. The number of amides is 2. The number of fused-ring (bicyclic) bond motifs is 2. The molecule has 2 N–H and O–H groups in total. The van der Waals surface area contributed by atoms with E-state index in [1.54, 1.807) is 30.6 Å². The molecule has 1 aromatic heterocycles. The lowest BCUT2D eigenvalue weighted by molar-refractivity contribution is -0.126. The largest absolute Gasteiger partial charge is 0.497 e. The van der Waals surface area contributed by atoms with Crippen molar-refractivity contribution >= 4 is 28.8 Å². The Morgan fingerprint density at radius 2 is 2.23 bits per heavy atom. The number of carbonyl (C=O) groups excluding carboxylic acids is 2. The van der Waals surface area contributed by atoms with E-state index in [9.17, 15) is 9.59 Å². The van der Waals surface area contributed by atoms with Crippen LogP contribution in [0.3, 0.4) is 0 Å². The molecule has 1 aliphatic carbocycles. The number of nitrogens with one attached hydrogen (secondary N) is 2. The van der Waals surface area contributed by atoms with E-state index in [1.165, 1.54) is 23.4 Å². The molecule has 6 nitrogen and oxygen atoms in total. The number of carbonyl (C=O) groups is 2. The monoisotopic (exact) mass is 371 g/mol. The van der Waals surface area contributed by atoms with Crippen LogP contribution in [0.4, 0.5) is 5.69 Å². The molecule has 2 aromatic rings. The van der Waals surface area contributed by atoms with E-state index in [0.717, 1.165) is 23.4 Å². The van der Waals surface area contributed by atoms with Crippen molar-refractivity contribution in [3.8, 4) is 5.75 Å². The number of rotatable bonds is 4. The maximum absolute atomic E-state index is 12.8. The van der Waals surface area contributed by atoms with E-state index in [-0.39, 0.29) is 18.2 Å². The molecule has 1 aliphatic heterocycles. The molecular formula is C19H21N3O3S. The van der Waals surface area contributed by atoms with Gasteiger partial charge < -0.3 is 15.4 Å². The van der Waals surface area contributed by atoms with Crippen LogP contribution in [0.25, 0.3) is 0 Å². The highest BCUT2D eigenvalue weighted by atomic mass is 32.1. The molecule has 0 fully saturated rings. The van der Waals surface area contributed by atoms with E-state index in [2.05, 4.69) is 15.6 Å². The van der Waals surface area contributed by atoms with Crippen LogP contribution in [-0.4, -0.2) is 23.9 Å². The summed E-state index contributed by atoms with van der Waals surface area (Å²) >= 11 is 1.69. The molecule has 1 aromatic carbocycles. The van der Waals surface area contributed by atoms with Crippen molar-refractivity contribution in [1.29, 1.82) is 0 Å². The van der Waals surface area contributed by atoms with Crippen LogP contribution < -0.4 is 15.4 Å². The Morgan fingerprint density at radius 1 is 1.38 bits per heavy atom. The molecule has 1 unspecified atom stereocenters. The summed E-state index contributed by atoms with van der Waals surface area (Å²) in [7, 11) is 1.59. The zero-order valence-electron chi connectivity index (χ0n) is 14.6. The second-order valence-corrected chi connectivity index (χ2v) is 7.83. The summed E-state index contributed by atoms with van der Waals surface area (Å²) in [6.07, 6.45) is 4.68. The Morgan fingerprint density at radius 3 is 3.04 bits per heavy atom. The SMILES string of the molecule is COc1ccc2c(c1)C(C(=O)NCc1nc3c(s1)CCCC3)CC(=O)N2. The fourth-order valence-corrected chi connectivity index (χ4v) is 4.66. The molecule has 0 spiro atoms. The fraction of sp³-hybridized carbons (Fsp3) is 0.421. The van der Waals surface area contributed by atoms with Gasteiger partial charge >= 0.3 is 0 Å². The molecule has 0 radical (unpaired) electrons. The van der Waals surface area contributed by atoms with E-state index in [0.29, 0.717) is 18.0 Å². The summed E-state index contributed by atoms with van der Waals surface area (Å²) < 4.78 is 5.26. The predicted molar refractivity (Wildman–Crippen MR) is 99.6 cm³/mol. The van der Waals surface area contributed by atoms with Crippen molar-refractivity contribution in [2.45, 2.75) is 44.6 Å². The fourth-order valence-electron chi connectivity index (χ4n) is 3.57. The van der Waals surface area contributed by atoms with Crippen molar-refractivity contribution in [2.24, 2.45) is 0 Å². The molecule has 0 saturated carbocycles. The Balaban J connectivity index is 1.49. The highest BCUT2D eigenvalue weighted by Crippen LogP contribution is 2.35. The van der Waals surface area contributed by atoms with Crippen LogP contribution in [0.1, 0.15) is 46.3 Å². The maximum Gasteiger partial charge on any atom is 0.228 e. The van der Waals surface area contributed by atoms with Crippen LogP contribution in [0.2, 0.25) is 0 Å². The van der Waals surface area contributed by atoms with Gasteiger partial charge in [-0.05, 0) is 49.4 Å². The first-order chi connectivity index (χ1) is 12.6. The molecule has 0 saturated heterocycles. The highest BCUT2D eigenvalue weighted by molar-refractivity contribution is 7.11. The van der Waals surface area contributed by atoms with Crippen molar-refractivity contribution in [3.63, 3.8) is 0 Å². The molecule has 2 heterocycles. The Hall–Kier alpha value is -2.41. The van der Waals surface area contributed by atoms with Crippen molar-refractivity contribution in [2.75, 3.05) is 12.4 Å². The van der Waals surface area contributed by atoms with Gasteiger partial charge in [-0.1, -0.05) is 0 Å². The molecule has 26 heavy (non-hydrogen) atoms. The minimum absolute atomic E-state index is 0.139. The number of benzene rings is 1. The normalized spacial score (nSPS) is 18.5. The van der Waals surface area contributed by atoms with E-state index in [1.807, 2.05) is 6.07 Å². The molecule has 2 aliphatic rings. The number of thiazole rings is 1. The second kappa shape index (κ2) is 7.07. The van der Waals surface area contributed by atoms with Crippen molar-refractivity contribution in [1.82, 2.24) is 10.3 Å². The highest BCUT2D eigenvalue weighted by Gasteiger charge is 2.31. The van der Waals surface area contributed by atoms with Gasteiger partial charge in [-0.15, -0.1) is 11.3 Å². The number of hydrogen-bond acceptors (Lipinski definition) is 5. The summed E-state index contributed by atoms with van der Waals surface area (Å²) in [6.45, 7) is 0.411. The van der Waals surface area contributed by atoms with Gasteiger partial charge in [-0.2, -0.15) is 0 Å². The minimum Gasteiger partial charge on any atom is -0.497 e. The minimum atomic E-state index is -0.511. The van der Waals surface area contributed by atoms with Gasteiger partial charge in [0.15, 0.2) is 0 Å². The summed E-state index contributed by atoms with van der Waals surface area (Å²) in [5.74, 6) is -0.135. The van der Waals surface area contributed by atoms with E-state index in [4.69, 9.17) is 4.74 Å². The molecule has 1 atom stereocenters. The number of aryl methyl sites for hydroxylation is 2. The lowest BCUT2D eigenvalue weighted by Gasteiger charge is -2.25. The molecule has 7 heteroatoms. The molecular weight excluding hydrogens is 350 g/mol. The smallest absolute Gasteiger partial charge is 0.228 e. The van der Waals surface area contributed by atoms with Crippen LogP contribution in [0.15, 0.2) is 18.2 Å². The van der Waals surface area contributed by atoms with Crippen molar-refractivity contribution in [3.05, 3.63) is 39.3 Å². The van der Waals surface area contributed by atoms with Crippen LogP contribution >= 0.6 is 11.3 Å². The predicted octanol–water partition coefficient (Wildman–Crippen LogP) is 2.77. The quantitative estimate of drug-likeness (QED) is 0.866. The van der Waals surface area contributed by atoms with Crippen molar-refractivity contribution < 1.29 is 14.3 Å². The summed E-state index contributed by atoms with van der Waals surface area (Å²) in [6, 6.07) is 5.38. The number of methoxy groups -OCH3 is 1. The number of hydrogen-bond donors (Lipinski definition) is 2. The van der Waals surface area contributed by atoms with Gasteiger partial charge in [0, 0.05) is 17.0 Å². The van der Waals surface area contributed by atoms with E-state index >= 15 is 0 Å². The standard InChI is InChI=1S/C19H21N3O3S/c1-25-11-6-7-14-12(8-11)13(9-17(23)21-14)19(24)20-10-18-22-15-4-2-3-5-16(15)26-18/h6-8,13H,2-5,9-10H2,1H3,(H,20,24)(H,21,23).